The average Bonchev–Trinajstić information content (AvgIpc) is 3.23. The predicted octanol–water partition coefficient (Wildman–Crippen LogP) is 13.4. The third-order valence-corrected chi connectivity index (χ3v) is 9.60. The van der Waals surface area contributed by atoms with Gasteiger partial charge in [-0.1, -0.05) is 148 Å². The van der Waals surface area contributed by atoms with Gasteiger partial charge in [0.2, 0.25) is 0 Å². The van der Waals surface area contributed by atoms with Gasteiger partial charge in [0.15, 0.2) is 12.1 Å². The van der Waals surface area contributed by atoms with Gasteiger partial charge >= 0.3 is 17.9 Å². The highest BCUT2D eigenvalue weighted by Crippen LogP contribution is 2.11. The molecular weight excluding hydrogens is 775 g/mol. The fourth-order valence-electron chi connectivity index (χ4n) is 5.97. The molecule has 0 aromatic carbocycles. The number of hydrogen-bond acceptors (Lipinski definition) is 6. The first-order valence-electron chi connectivity index (χ1n) is 23.6. The highest BCUT2D eigenvalue weighted by molar-refractivity contribution is 5.72. The van der Waals surface area contributed by atoms with Crippen LogP contribution in [-0.4, -0.2) is 80.6 Å². The second-order valence-corrected chi connectivity index (χ2v) is 16.3. The number of carbonyl (C=O) groups excluding carboxylic acids is 2. The minimum atomic E-state index is -0.895. The van der Waals surface area contributed by atoms with E-state index in [2.05, 4.69) is 135 Å². The molecular formula is C54H86NO7+. The molecule has 8 nitrogen and oxygen atoms in total. The normalized spacial score (nSPS) is 14.0. The van der Waals surface area contributed by atoms with Crippen LogP contribution in [0.5, 0.6) is 0 Å². The number of hydrogen-bond donors (Lipinski definition) is 1. The van der Waals surface area contributed by atoms with Crippen LogP contribution in [0.25, 0.3) is 0 Å². The monoisotopic (exact) mass is 861 g/mol. The molecule has 0 amide bonds. The molecule has 0 aliphatic carbocycles. The maximum absolute atomic E-state index is 12.7. The molecule has 0 spiro atoms. The second kappa shape index (κ2) is 43.4. The Balaban J connectivity index is 4.52. The summed E-state index contributed by atoms with van der Waals surface area (Å²) in [5.74, 6) is -1.62. The SMILES string of the molecule is CC/C=C/C/C=C/C/C=C/C/C=C/C/C=C/C/C=C/CCCCC(=O)OC(COCCC(C(=O)O)[N+](C)(C)C)COC(=O)CCC/C=C/C/C=C/C/C=C/C/C=C/CCCCC. The number of quaternary nitrogens is 1. The Kier molecular flexibility index (Phi) is 40.4. The highest BCUT2D eigenvalue weighted by atomic mass is 16.6. The van der Waals surface area contributed by atoms with Crippen molar-refractivity contribution in [3.63, 3.8) is 0 Å². The Bertz CT molecular complexity index is 1420. The van der Waals surface area contributed by atoms with Crippen molar-refractivity contribution in [3.8, 4) is 0 Å². The number of carboxylic acid groups (broad SMARTS) is 1. The minimum absolute atomic E-state index is 0.0171. The van der Waals surface area contributed by atoms with Gasteiger partial charge in [-0.3, -0.25) is 9.59 Å². The molecule has 0 bridgehead atoms. The molecule has 0 aromatic rings. The summed E-state index contributed by atoms with van der Waals surface area (Å²) >= 11 is 0. The number of nitrogens with zero attached hydrogens (tertiary/aromatic N) is 1. The van der Waals surface area contributed by atoms with E-state index in [9.17, 15) is 19.5 Å². The third kappa shape index (κ3) is 41.1. The zero-order valence-electron chi connectivity index (χ0n) is 39.5. The van der Waals surface area contributed by atoms with Gasteiger partial charge < -0.3 is 23.8 Å². The molecule has 0 aromatic heterocycles. The molecule has 0 saturated carbocycles. The van der Waals surface area contributed by atoms with E-state index in [1.165, 1.54) is 25.7 Å². The van der Waals surface area contributed by atoms with Crippen molar-refractivity contribution in [2.75, 3.05) is 41.0 Å². The molecule has 0 radical (unpaired) electrons. The van der Waals surface area contributed by atoms with E-state index >= 15 is 0 Å². The molecule has 0 saturated heterocycles. The lowest BCUT2D eigenvalue weighted by molar-refractivity contribution is -0.887. The number of allylic oxidation sites excluding steroid dienone is 20. The van der Waals surface area contributed by atoms with Gasteiger partial charge in [-0.25, -0.2) is 4.79 Å². The van der Waals surface area contributed by atoms with Crippen LogP contribution >= 0.6 is 0 Å². The fraction of sp³-hybridized carbons (Fsp3) is 0.574. The Labute approximate surface area is 378 Å². The summed E-state index contributed by atoms with van der Waals surface area (Å²) < 4.78 is 17.2. The van der Waals surface area contributed by atoms with Gasteiger partial charge in [-0.15, -0.1) is 0 Å². The molecule has 0 aliphatic rings. The Morgan fingerprint density at radius 3 is 1.32 bits per heavy atom. The molecule has 0 rings (SSSR count). The Hall–Kier alpha value is -4.27. The van der Waals surface area contributed by atoms with E-state index in [0.29, 0.717) is 19.3 Å². The van der Waals surface area contributed by atoms with E-state index in [1.54, 1.807) is 0 Å². The van der Waals surface area contributed by atoms with Crippen molar-refractivity contribution in [2.24, 2.45) is 0 Å². The van der Waals surface area contributed by atoms with E-state index in [1.807, 2.05) is 21.1 Å². The lowest BCUT2D eigenvalue weighted by Crippen LogP contribution is -2.50. The van der Waals surface area contributed by atoms with Crippen molar-refractivity contribution in [2.45, 2.75) is 161 Å². The van der Waals surface area contributed by atoms with Crippen molar-refractivity contribution in [3.05, 3.63) is 122 Å². The molecule has 0 aliphatic heterocycles. The van der Waals surface area contributed by atoms with Crippen LogP contribution in [0.2, 0.25) is 0 Å². The lowest BCUT2D eigenvalue weighted by atomic mass is 10.1. The van der Waals surface area contributed by atoms with Crippen LogP contribution in [-0.2, 0) is 28.6 Å². The van der Waals surface area contributed by atoms with Gasteiger partial charge in [-0.2, -0.15) is 0 Å². The van der Waals surface area contributed by atoms with Crippen LogP contribution < -0.4 is 0 Å². The molecule has 2 unspecified atom stereocenters. The van der Waals surface area contributed by atoms with Crippen molar-refractivity contribution >= 4 is 17.9 Å². The number of carboxylic acids is 1. The maximum Gasteiger partial charge on any atom is 0.362 e. The molecule has 2 atom stereocenters. The summed E-state index contributed by atoms with van der Waals surface area (Å²) in [6.07, 6.45) is 61.1. The largest absolute Gasteiger partial charge is 0.477 e. The molecule has 8 heteroatoms. The molecule has 348 valence electrons. The van der Waals surface area contributed by atoms with Crippen LogP contribution in [0.3, 0.4) is 0 Å². The summed E-state index contributed by atoms with van der Waals surface area (Å²) in [6, 6.07) is -0.639. The number of likely N-dealkylation sites (N-methyl/N-ethyl adjacent to an activating group) is 1. The summed E-state index contributed by atoms with van der Waals surface area (Å²) in [6.45, 7) is 4.46. The minimum Gasteiger partial charge on any atom is -0.477 e. The smallest absolute Gasteiger partial charge is 0.362 e. The van der Waals surface area contributed by atoms with Crippen LogP contribution in [0.15, 0.2) is 122 Å². The average molecular weight is 861 g/mol. The quantitative estimate of drug-likeness (QED) is 0.0283. The molecule has 62 heavy (non-hydrogen) atoms. The molecule has 1 N–H and O–H groups in total. The summed E-state index contributed by atoms with van der Waals surface area (Å²) in [5.41, 5.74) is 0. The van der Waals surface area contributed by atoms with Gasteiger partial charge in [0.25, 0.3) is 0 Å². The van der Waals surface area contributed by atoms with Crippen LogP contribution in [0, 0.1) is 0 Å². The van der Waals surface area contributed by atoms with Crippen molar-refractivity contribution in [1.82, 2.24) is 0 Å². The number of rotatable bonds is 40. The zero-order valence-corrected chi connectivity index (χ0v) is 39.5. The van der Waals surface area contributed by atoms with E-state index in [4.69, 9.17) is 14.2 Å². The van der Waals surface area contributed by atoms with E-state index in [-0.39, 0.29) is 49.1 Å². The van der Waals surface area contributed by atoms with Crippen LogP contribution in [0.4, 0.5) is 0 Å². The van der Waals surface area contributed by atoms with Crippen molar-refractivity contribution in [1.29, 1.82) is 0 Å². The van der Waals surface area contributed by atoms with E-state index in [0.717, 1.165) is 77.0 Å². The predicted molar refractivity (Wildman–Crippen MR) is 261 cm³/mol. The maximum atomic E-state index is 12.7. The van der Waals surface area contributed by atoms with Gasteiger partial charge in [0.05, 0.1) is 34.4 Å². The third-order valence-electron chi connectivity index (χ3n) is 9.60. The summed E-state index contributed by atoms with van der Waals surface area (Å²) in [4.78, 5) is 37.0. The van der Waals surface area contributed by atoms with Gasteiger partial charge in [-0.05, 0) is 103 Å². The summed E-state index contributed by atoms with van der Waals surface area (Å²) in [7, 11) is 5.48. The second-order valence-electron chi connectivity index (χ2n) is 16.3. The number of aliphatic carboxylic acids is 1. The first-order chi connectivity index (χ1) is 30.1. The Morgan fingerprint density at radius 1 is 0.500 bits per heavy atom. The Morgan fingerprint density at radius 2 is 0.903 bits per heavy atom. The fourth-order valence-corrected chi connectivity index (χ4v) is 5.97. The van der Waals surface area contributed by atoms with E-state index < -0.39 is 18.1 Å². The van der Waals surface area contributed by atoms with Gasteiger partial charge in [0.1, 0.15) is 6.61 Å². The number of esters is 2. The molecule has 0 heterocycles. The standard InChI is InChI=1S/C54H85NO7/c1-6-8-10-12-14-16-18-20-22-24-25-26-27-29-31-33-35-37-39-41-43-45-53(57)62-50(48-60-47-46-51(54(58)59)55(3,4)5)49-61-52(56)44-42-40-38-36-34-32-30-28-23-21-19-17-15-13-11-9-7-2/h8,10,14-17,20-23,25-26,29-32,35-38,50-51H,6-7,9,11-13,18-19,24,27-28,33-34,39-49H2,1-5H3/p+1/b10-8+,16-14+,17-15+,22-20+,23-21+,26-25+,31-29+,32-30+,37-35+,38-36+. The highest BCUT2D eigenvalue weighted by Gasteiger charge is 2.31. The zero-order chi connectivity index (χ0) is 45.6. The number of unbranched alkanes of at least 4 members (excludes halogenated alkanes) is 6. The number of carbonyl (C=O) groups is 3. The van der Waals surface area contributed by atoms with Crippen molar-refractivity contribution < 1.29 is 38.2 Å². The van der Waals surface area contributed by atoms with Gasteiger partial charge in [0, 0.05) is 19.3 Å². The number of ether oxygens (including phenoxy) is 3. The summed E-state index contributed by atoms with van der Waals surface area (Å²) in [5, 5.41) is 9.63. The molecule has 0 fully saturated rings. The lowest BCUT2D eigenvalue weighted by Gasteiger charge is -2.31. The van der Waals surface area contributed by atoms with Crippen LogP contribution in [0.1, 0.15) is 149 Å². The first-order valence-corrected chi connectivity index (χ1v) is 23.6. The first kappa shape index (κ1) is 57.7. The topological polar surface area (TPSA) is 99.1 Å².